The van der Waals surface area contributed by atoms with Crippen LogP contribution in [-0.2, 0) is 9.47 Å². The van der Waals surface area contributed by atoms with E-state index >= 15 is 0 Å². The lowest BCUT2D eigenvalue weighted by atomic mass is 9.89. The average Bonchev–Trinajstić information content (AvgIpc) is 2.81. The van der Waals surface area contributed by atoms with Crippen LogP contribution in [0, 0.1) is 11.8 Å². The van der Waals surface area contributed by atoms with Gasteiger partial charge in [-0.2, -0.15) is 0 Å². The van der Waals surface area contributed by atoms with Crippen molar-refractivity contribution in [3.8, 4) is 0 Å². The molecule has 182 valence electrons. The van der Waals surface area contributed by atoms with Crippen LogP contribution in [0.15, 0.2) is 35.3 Å². The molecule has 3 unspecified atom stereocenters. The number of aliphatic imine (C=N–C) groups is 1. The minimum absolute atomic E-state index is 0. The van der Waals surface area contributed by atoms with Crippen molar-refractivity contribution in [3.63, 3.8) is 0 Å². The highest BCUT2D eigenvalue weighted by atomic mass is 127. The van der Waals surface area contributed by atoms with E-state index in [1.54, 1.807) is 0 Å². The highest BCUT2D eigenvalue weighted by Gasteiger charge is 2.27. The number of rotatable bonds is 9. The summed E-state index contributed by atoms with van der Waals surface area (Å²) in [6, 6.07) is 11.1. The molecule has 0 radical (unpaired) electrons. The predicted molar refractivity (Wildman–Crippen MR) is 143 cm³/mol. The maximum absolute atomic E-state index is 6.17. The first-order valence-electron chi connectivity index (χ1n) is 12.2. The normalized spacial score (nSPS) is 23.4. The van der Waals surface area contributed by atoms with E-state index in [1.807, 2.05) is 0 Å². The maximum atomic E-state index is 6.17. The van der Waals surface area contributed by atoms with Crippen molar-refractivity contribution < 1.29 is 9.47 Å². The van der Waals surface area contributed by atoms with Crippen LogP contribution in [0.2, 0.25) is 0 Å². The van der Waals surface area contributed by atoms with E-state index in [0.29, 0.717) is 17.9 Å². The second kappa shape index (κ2) is 15.1. The van der Waals surface area contributed by atoms with Crippen molar-refractivity contribution in [1.29, 1.82) is 0 Å². The van der Waals surface area contributed by atoms with E-state index in [-0.39, 0.29) is 30.1 Å². The molecule has 0 bridgehead atoms. The predicted octanol–water partition coefficient (Wildman–Crippen LogP) is 4.07. The molecule has 3 rings (SSSR count). The summed E-state index contributed by atoms with van der Waals surface area (Å²) in [6.07, 6.45) is 3.62. The van der Waals surface area contributed by atoms with Crippen molar-refractivity contribution in [3.05, 3.63) is 35.9 Å². The molecule has 1 aromatic carbocycles. The number of nitrogens with one attached hydrogen (secondary N) is 2. The second-order valence-electron chi connectivity index (χ2n) is 9.14. The Labute approximate surface area is 211 Å². The molecule has 2 saturated heterocycles. The average molecular weight is 559 g/mol. The first-order valence-corrected chi connectivity index (χ1v) is 12.2. The third-order valence-electron chi connectivity index (χ3n) is 6.21. The van der Waals surface area contributed by atoms with Crippen molar-refractivity contribution in [2.75, 3.05) is 52.5 Å². The van der Waals surface area contributed by atoms with Crippen LogP contribution in [0.25, 0.3) is 0 Å². The molecule has 2 heterocycles. The fourth-order valence-electron chi connectivity index (χ4n) is 4.66. The Morgan fingerprint density at radius 3 is 2.56 bits per heavy atom. The topological polar surface area (TPSA) is 58.1 Å². The van der Waals surface area contributed by atoms with E-state index in [1.165, 1.54) is 12.0 Å². The molecule has 2 N–H and O–H groups in total. The SMILES string of the molecule is CCNC(=NCC(CC(C)C)N1CCOCC1)NCC1CCCOC1c1ccccc1.I. The maximum Gasteiger partial charge on any atom is 0.191 e. The van der Waals surface area contributed by atoms with E-state index in [4.69, 9.17) is 14.5 Å². The lowest BCUT2D eigenvalue weighted by Crippen LogP contribution is -2.47. The first kappa shape index (κ1) is 27.3. The van der Waals surface area contributed by atoms with Crippen molar-refractivity contribution >= 4 is 29.9 Å². The summed E-state index contributed by atoms with van der Waals surface area (Å²) in [5.74, 6) is 2.03. The number of halogens is 1. The molecule has 2 aliphatic rings. The van der Waals surface area contributed by atoms with E-state index < -0.39 is 0 Å². The standard InChI is InChI=1S/C25H42N4O2.HI/c1-4-26-25(28-19-23(17-20(2)3)29-12-15-30-16-13-29)27-18-22-11-8-14-31-24(22)21-9-6-5-7-10-21;/h5-7,9-10,20,22-24H,4,8,11-19H2,1-3H3,(H2,26,27,28);1H. The van der Waals surface area contributed by atoms with Gasteiger partial charge >= 0.3 is 0 Å². The number of benzene rings is 1. The highest BCUT2D eigenvalue weighted by molar-refractivity contribution is 14.0. The summed E-state index contributed by atoms with van der Waals surface area (Å²) in [7, 11) is 0. The van der Waals surface area contributed by atoms with Crippen LogP contribution in [0.5, 0.6) is 0 Å². The molecule has 7 heteroatoms. The van der Waals surface area contributed by atoms with Crippen LogP contribution < -0.4 is 10.6 Å². The zero-order chi connectivity index (χ0) is 21.9. The molecular formula is C25H43IN4O2. The zero-order valence-corrected chi connectivity index (χ0v) is 22.4. The fraction of sp³-hybridized carbons (Fsp3) is 0.720. The Bertz CT molecular complexity index is 653. The van der Waals surface area contributed by atoms with Gasteiger partial charge in [-0.05, 0) is 37.7 Å². The number of guanidine groups is 1. The molecule has 0 spiro atoms. The van der Waals surface area contributed by atoms with E-state index in [9.17, 15) is 0 Å². The summed E-state index contributed by atoms with van der Waals surface area (Å²) in [5.41, 5.74) is 1.28. The number of hydrogen-bond donors (Lipinski definition) is 2. The van der Waals surface area contributed by atoms with Gasteiger partial charge < -0.3 is 20.1 Å². The third kappa shape index (κ3) is 8.80. The Morgan fingerprint density at radius 1 is 1.12 bits per heavy atom. The molecule has 1 aromatic rings. The van der Waals surface area contributed by atoms with E-state index in [2.05, 4.69) is 66.6 Å². The van der Waals surface area contributed by atoms with Gasteiger partial charge in [-0.15, -0.1) is 24.0 Å². The molecular weight excluding hydrogens is 515 g/mol. The van der Waals surface area contributed by atoms with Gasteiger partial charge in [0, 0.05) is 44.7 Å². The Hall–Kier alpha value is -0.900. The summed E-state index contributed by atoms with van der Waals surface area (Å²) >= 11 is 0. The summed E-state index contributed by atoms with van der Waals surface area (Å²) in [4.78, 5) is 7.55. The highest BCUT2D eigenvalue weighted by Crippen LogP contribution is 2.33. The van der Waals surface area contributed by atoms with Gasteiger partial charge in [-0.3, -0.25) is 9.89 Å². The van der Waals surface area contributed by atoms with Gasteiger partial charge in [0.15, 0.2) is 5.96 Å². The van der Waals surface area contributed by atoms with Crippen molar-refractivity contribution in [2.24, 2.45) is 16.8 Å². The number of ether oxygens (including phenoxy) is 2. The summed E-state index contributed by atoms with van der Waals surface area (Å²) < 4.78 is 11.7. The van der Waals surface area contributed by atoms with Gasteiger partial charge in [0.25, 0.3) is 0 Å². The summed E-state index contributed by atoms with van der Waals surface area (Å²) in [5, 5.41) is 7.06. The molecule has 0 amide bonds. The summed E-state index contributed by atoms with van der Waals surface area (Å²) in [6.45, 7) is 13.8. The Kier molecular flexibility index (Phi) is 12.9. The molecule has 32 heavy (non-hydrogen) atoms. The number of nitrogens with zero attached hydrogens (tertiary/aromatic N) is 2. The van der Waals surface area contributed by atoms with Crippen molar-refractivity contribution in [2.45, 2.75) is 52.2 Å². The minimum atomic E-state index is 0. The van der Waals surface area contributed by atoms with Crippen LogP contribution in [0.4, 0.5) is 0 Å². The van der Waals surface area contributed by atoms with Gasteiger partial charge in [0.2, 0.25) is 0 Å². The molecule has 6 nitrogen and oxygen atoms in total. The minimum Gasteiger partial charge on any atom is -0.379 e. The second-order valence-corrected chi connectivity index (χ2v) is 9.14. The van der Waals surface area contributed by atoms with Crippen LogP contribution >= 0.6 is 24.0 Å². The van der Waals surface area contributed by atoms with Gasteiger partial charge in [0.05, 0.1) is 25.9 Å². The third-order valence-corrected chi connectivity index (χ3v) is 6.21. The van der Waals surface area contributed by atoms with Crippen molar-refractivity contribution in [1.82, 2.24) is 15.5 Å². The number of hydrogen-bond acceptors (Lipinski definition) is 4. The Morgan fingerprint density at radius 2 is 1.88 bits per heavy atom. The zero-order valence-electron chi connectivity index (χ0n) is 20.1. The quantitative estimate of drug-likeness (QED) is 0.272. The molecule has 0 aromatic heterocycles. The smallest absolute Gasteiger partial charge is 0.191 e. The van der Waals surface area contributed by atoms with Crippen LogP contribution in [0.3, 0.4) is 0 Å². The van der Waals surface area contributed by atoms with Crippen LogP contribution in [0.1, 0.15) is 51.7 Å². The molecule has 0 aliphatic carbocycles. The van der Waals surface area contributed by atoms with Gasteiger partial charge in [0.1, 0.15) is 0 Å². The monoisotopic (exact) mass is 558 g/mol. The van der Waals surface area contributed by atoms with Crippen LogP contribution in [-0.4, -0.2) is 69.4 Å². The molecule has 3 atom stereocenters. The number of morpholine rings is 1. The lowest BCUT2D eigenvalue weighted by molar-refractivity contribution is -0.0265. The lowest BCUT2D eigenvalue weighted by Gasteiger charge is -2.35. The van der Waals surface area contributed by atoms with E-state index in [0.717, 1.165) is 71.3 Å². The molecule has 2 fully saturated rings. The molecule has 0 saturated carbocycles. The largest absolute Gasteiger partial charge is 0.379 e. The van der Waals surface area contributed by atoms with Gasteiger partial charge in [-0.1, -0.05) is 44.2 Å². The first-order chi connectivity index (χ1) is 15.2. The molecule has 2 aliphatic heterocycles. The van der Waals surface area contributed by atoms with Gasteiger partial charge in [-0.25, -0.2) is 0 Å². The fourth-order valence-corrected chi connectivity index (χ4v) is 4.66. The Balaban J connectivity index is 0.00000363.